The number of para-hydroxylation sites is 1. The Kier molecular flexibility index (Phi) is 6.27. The lowest BCUT2D eigenvalue weighted by Crippen LogP contribution is -2.13. The molecule has 1 N–H and O–H groups in total. The zero-order valence-electron chi connectivity index (χ0n) is 13.4. The summed E-state index contributed by atoms with van der Waals surface area (Å²) in [5.41, 5.74) is 2.18. The fourth-order valence-electron chi connectivity index (χ4n) is 2.64. The van der Waals surface area contributed by atoms with Crippen LogP contribution in [0.25, 0.3) is 11.0 Å². The van der Waals surface area contributed by atoms with E-state index in [1.54, 1.807) is 0 Å². The minimum absolute atomic E-state index is 0.559. The van der Waals surface area contributed by atoms with E-state index >= 15 is 0 Å². The van der Waals surface area contributed by atoms with E-state index in [-0.39, 0.29) is 0 Å². The van der Waals surface area contributed by atoms with Crippen LogP contribution in [0.1, 0.15) is 44.9 Å². The summed E-state index contributed by atoms with van der Waals surface area (Å²) in [6, 6.07) is 8.21. The van der Waals surface area contributed by atoms with Crippen LogP contribution >= 0.6 is 0 Å². The van der Waals surface area contributed by atoms with Crippen LogP contribution in [0.4, 0.5) is 0 Å². The Labute approximate surface area is 127 Å². The van der Waals surface area contributed by atoms with Gasteiger partial charge in [-0.3, -0.25) is 0 Å². The summed E-state index contributed by atoms with van der Waals surface area (Å²) in [6.07, 6.45) is 2.42. The molecule has 3 nitrogen and oxygen atoms in total. The lowest BCUT2D eigenvalue weighted by atomic mass is 10.1. The third kappa shape index (κ3) is 4.32. The van der Waals surface area contributed by atoms with Crippen LogP contribution in [0.15, 0.2) is 28.7 Å². The summed E-state index contributed by atoms with van der Waals surface area (Å²) in [5.74, 6) is 1.57. The standard InChI is InChI=1S/C18H27NO2/c1-4-8-14(3)12-20-13-18-16(11-19-5-2)15-9-6-7-10-17(15)21-18/h6-7,9-10,14,19H,4-5,8,11-13H2,1-3H3. The summed E-state index contributed by atoms with van der Waals surface area (Å²) in [6.45, 7) is 9.70. The highest BCUT2D eigenvalue weighted by molar-refractivity contribution is 5.82. The maximum atomic E-state index is 5.97. The van der Waals surface area contributed by atoms with E-state index in [9.17, 15) is 0 Å². The topological polar surface area (TPSA) is 34.4 Å². The molecule has 0 aliphatic rings. The molecule has 2 aromatic rings. The van der Waals surface area contributed by atoms with Gasteiger partial charge in [0.25, 0.3) is 0 Å². The highest BCUT2D eigenvalue weighted by atomic mass is 16.5. The average molecular weight is 289 g/mol. The number of furan rings is 1. The fraction of sp³-hybridized carbons (Fsp3) is 0.556. The molecule has 0 aliphatic carbocycles. The first kappa shape index (κ1) is 16.1. The summed E-state index contributed by atoms with van der Waals surface area (Å²) in [7, 11) is 0. The van der Waals surface area contributed by atoms with Crippen LogP contribution in [-0.4, -0.2) is 13.2 Å². The second-order valence-electron chi connectivity index (χ2n) is 5.69. The van der Waals surface area contributed by atoms with Crippen LogP contribution in [0.5, 0.6) is 0 Å². The predicted octanol–water partition coefficient (Wildman–Crippen LogP) is 4.50. The van der Waals surface area contributed by atoms with Crippen molar-refractivity contribution in [3.05, 3.63) is 35.6 Å². The molecule has 2 rings (SSSR count). The molecule has 1 atom stereocenters. The molecular formula is C18H27NO2. The first-order valence-electron chi connectivity index (χ1n) is 8.04. The minimum Gasteiger partial charge on any atom is -0.458 e. The van der Waals surface area contributed by atoms with Crippen LogP contribution in [0, 0.1) is 5.92 Å². The summed E-state index contributed by atoms with van der Waals surface area (Å²) >= 11 is 0. The van der Waals surface area contributed by atoms with Gasteiger partial charge in [-0.1, -0.05) is 45.4 Å². The third-order valence-electron chi connectivity index (χ3n) is 3.75. The number of benzene rings is 1. The lowest BCUT2D eigenvalue weighted by molar-refractivity contribution is 0.0778. The van der Waals surface area contributed by atoms with Crippen molar-refractivity contribution in [2.24, 2.45) is 5.92 Å². The highest BCUT2D eigenvalue weighted by Gasteiger charge is 2.13. The monoisotopic (exact) mass is 289 g/mol. The number of hydrogen-bond donors (Lipinski definition) is 1. The maximum absolute atomic E-state index is 5.97. The zero-order chi connectivity index (χ0) is 15.1. The van der Waals surface area contributed by atoms with Crippen LogP contribution in [0.3, 0.4) is 0 Å². The molecule has 0 fully saturated rings. The van der Waals surface area contributed by atoms with Gasteiger partial charge in [0.05, 0.1) is 0 Å². The van der Waals surface area contributed by atoms with Crippen molar-refractivity contribution in [1.29, 1.82) is 0 Å². The van der Waals surface area contributed by atoms with Gasteiger partial charge in [0.15, 0.2) is 0 Å². The van der Waals surface area contributed by atoms with Gasteiger partial charge < -0.3 is 14.5 Å². The maximum Gasteiger partial charge on any atom is 0.135 e. The molecule has 1 aromatic carbocycles. The van der Waals surface area contributed by atoms with Crippen molar-refractivity contribution in [3.63, 3.8) is 0 Å². The van der Waals surface area contributed by atoms with E-state index in [4.69, 9.17) is 9.15 Å². The largest absolute Gasteiger partial charge is 0.458 e. The molecule has 0 spiro atoms. The summed E-state index contributed by atoms with van der Waals surface area (Å²) < 4.78 is 11.8. The molecule has 21 heavy (non-hydrogen) atoms. The second-order valence-corrected chi connectivity index (χ2v) is 5.69. The molecule has 0 saturated heterocycles. The number of rotatable bonds is 9. The number of nitrogens with one attached hydrogen (secondary N) is 1. The predicted molar refractivity (Wildman–Crippen MR) is 87.3 cm³/mol. The van der Waals surface area contributed by atoms with Crippen molar-refractivity contribution in [1.82, 2.24) is 5.32 Å². The van der Waals surface area contributed by atoms with Gasteiger partial charge in [0, 0.05) is 24.1 Å². The Morgan fingerprint density at radius 1 is 1.24 bits per heavy atom. The molecular weight excluding hydrogens is 262 g/mol. The van der Waals surface area contributed by atoms with Gasteiger partial charge in [-0.05, 0) is 24.9 Å². The average Bonchev–Trinajstić information content (AvgIpc) is 2.83. The SMILES string of the molecule is CCCC(C)COCc1oc2ccccc2c1CNCC. The van der Waals surface area contributed by atoms with Gasteiger partial charge in [0.1, 0.15) is 18.0 Å². The highest BCUT2D eigenvalue weighted by Crippen LogP contribution is 2.26. The van der Waals surface area contributed by atoms with E-state index in [1.807, 2.05) is 12.1 Å². The Bertz CT molecular complexity index is 547. The van der Waals surface area contributed by atoms with Crippen LogP contribution < -0.4 is 5.32 Å². The van der Waals surface area contributed by atoms with Crippen molar-refractivity contribution < 1.29 is 9.15 Å². The third-order valence-corrected chi connectivity index (χ3v) is 3.75. The quantitative estimate of drug-likeness (QED) is 0.738. The first-order chi connectivity index (χ1) is 10.3. The van der Waals surface area contributed by atoms with Gasteiger partial charge in [0.2, 0.25) is 0 Å². The number of ether oxygens (including phenoxy) is 1. The number of fused-ring (bicyclic) bond motifs is 1. The fourth-order valence-corrected chi connectivity index (χ4v) is 2.64. The van der Waals surface area contributed by atoms with Gasteiger partial charge >= 0.3 is 0 Å². The molecule has 1 heterocycles. The lowest BCUT2D eigenvalue weighted by Gasteiger charge is -2.10. The zero-order valence-corrected chi connectivity index (χ0v) is 13.4. The smallest absolute Gasteiger partial charge is 0.135 e. The molecule has 1 unspecified atom stereocenters. The van der Waals surface area contributed by atoms with E-state index in [0.717, 1.165) is 31.0 Å². The van der Waals surface area contributed by atoms with Gasteiger partial charge in [-0.15, -0.1) is 0 Å². The number of hydrogen-bond acceptors (Lipinski definition) is 3. The van der Waals surface area contributed by atoms with E-state index in [0.29, 0.717) is 12.5 Å². The Morgan fingerprint density at radius 2 is 2.05 bits per heavy atom. The molecule has 0 bridgehead atoms. The molecule has 116 valence electrons. The molecule has 0 radical (unpaired) electrons. The molecule has 0 aliphatic heterocycles. The van der Waals surface area contributed by atoms with Crippen molar-refractivity contribution in [2.75, 3.05) is 13.2 Å². The van der Waals surface area contributed by atoms with Crippen molar-refractivity contribution in [2.45, 2.75) is 46.8 Å². The van der Waals surface area contributed by atoms with Crippen molar-refractivity contribution >= 4 is 11.0 Å². The second kappa shape index (κ2) is 8.20. The first-order valence-corrected chi connectivity index (χ1v) is 8.04. The van der Waals surface area contributed by atoms with Crippen LogP contribution in [0.2, 0.25) is 0 Å². The summed E-state index contributed by atoms with van der Waals surface area (Å²) in [5, 5.41) is 4.58. The van der Waals surface area contributed by atoms with E-state index in [1.165, 1.54) is 23.8 Å². The normalized spacial score (nSPS) is 12.9. The molecule has 3 heteroatoms. The summed E-state index contributed by atoms with van der Waals surface area (Å²) in [4.78, 5) is 0. The Hall–Kier alpha value is -1.32. The van der Waals surface area contributed by atoms with Gasteiger partial charge in [-0.25, -0.2) is 0 Å². The van der Waals surface area contributed by atoms with Gasteiger partial charge in [-0.2, -0.15) is 0 Å². The van der Waals surface area contributed by atoms with Crippen molar-refractivity contribution in [3.8, 4) is 0 Å². The molecule has 1 aromatic heterocycles. The Morgan fingerprint density at radius 3 is 2.81 bits per heavy atom. The van der Waals surface area contributed by atoms with E-state index < -0.39 is 0 Å². The molecule has 0 amide bonds. The molecule has 0 saturated carbocycles. The Balaban J connectivity index is 2.06. The minimum atomic E-state index is 0.559. The van der Waals surface area contributed by atoms with E-state index in [2.05, 4.69) is 38.2 Å². The van der Waals surface area contributed by atoms with Crippen LogP contribution in [-0.2, 0) is 17.9 Å².